The fourth-order valence-corrected chi connectivity index (χ4v) is 4.13. The highest BCUT2D eigenvalue weighted by Gasteiger charge is 2.45. The molecule has 1 heterocycles. The molecule has 11 nitrogen and oxygen atoms in total. The zero-order chi connectivity index (χ0) is 26.2. The molecule has 1 aliphatic rings. The molecule has 0 aromatic rings. The molecule has 0 aromatic carbocycles. The van der Waals surface area contributed by atoms with Gasteiger partial charge in [-0.1, -0.05) is 64.7 Å². The topological polar surface area (TPSA) is 190 Å². The third kappa shape index (κ3) is 11.7. The molecule has 35 heavy (non-hydrogen) atoms. The number of carboxylic acids is 1. The number of hydrogen-bond acceptors (Lipinski definition) is 7. The van der Waals surface area contributed by atoms with Gasteiger partial charge in [0.15, 0.2) is 12.1 Å². The maximum absolute atomic E-state index is 11.9. The van der Waals surface area contributed by atoms with E-state index in [2.05, 4.69) is 17.2 Å². The fourth-order valence-electron chi connectivity index (χ4n) is 4.13. The van der Waals surface area contributed by atoms with Crippen molar-refractivity contribution in [2.75, 3.05) is 13.2 Å². The normalized spacial score (nSPS) is 21.4. The Labute approximate surface area is 207 Å². The minimum absolute atomic E-state index is 0.268. The summed E-state index contributed by atoms with van der Waals surface area (Å²) in [5.41, 5.74) is 11.0. The van der Waals surface area contributed by atoms with E-state index in [1.807, 2.05) is 0 Å². The van der Waals surface area contributed by atoms with Crippen LogP contribution in [-0.4, -0.2) is 76.8 Å². The molecule has 202 valence electrons. The summed E-state index contributed by atoms with van der Waals surface area (Å²) in [7, 11) is 0. The molecular weight excluding hydrogens is 456 g/mol. The lowest BCUT2D eigenvalue weighted by atomic mass is 9.92. The number of carboxylic acid groups (broad SMARTS) is 1. The van der Waals surface area contributed by atoms with E-state index in [4.69, 9.17) is 20.9 Å². The minimum atomic E-state index is -1.38. The van der Waals surface area contributed by atoms with Crippen LogP contribution >= 0.6 is 0 Å². The number of nitrogens with zero attached hydrogens (tertiary/aromatic N) is 1. The van der Waals surface area contributed by atoms with Crippen molar-refractivity contribution in [2.45, 2.75) is 108 Å². The van der Waals surface area contributed by atoms with E-state index in [-0.39, 0.29) is 12.6 Å². The van der Waals surface area contributed by atoms with Gasteiger partial charge in [-0.2, -0.15) is 0 Å². The van der Waals surface area contributed by atoms with Gasteiger partial charge in [0, 0.05) is 13.5 Å². The third-order valence-corrected chi connectivity index (χ3v) is 5.88. The molecule has 0 spiro atoms. The Kier molecular flexibility index (Phi) is 15.0. The Morgan fingerprint density at radius 1 is 1.11 bits per heavy atom. The maximum atomic E-state index is 11.9. The summed E-state index contributed by atoms with van der Waals surface area (Å²) in [4.78, 5) is 27.5. The Morgan fingerprint density at radius 3 is 2.17 bits per heavy atom. The number of amides is 1. The van der Waals surface area contributed by atoms with Gasteiger partial charge in [-0.05, 0) is 12.5 Å². The Balaban J connectivity index is 2.78. The van der Waals surface area contributed by atoms with Gasteiger partial charge in [-0.25, -0.2) is 9.79 Å². The van der Waals surface area contributed by atoms with Crippen LogP contribution in [0.25, 0.3) is 0 Å². The van der Waals surface area contributed by atoms with Gasteiger partial charge in [-0.15, -0.1) is 0 Å². The summed E-state index contributed by atoms with van der Waals surface area (Å²) in [5, 5.41) is 32.2. The molecule has 0 saturated carbocycles. The summed E-state index contributed by atoms with van der Waals surface area (Å²) in [6, 6.07) is -1.90. The molecule has 8 N–H and O–H groups in total. The SMILES string of the molecule is CCCCCCCCCCCCO[C@@H]([C@@H]1OC(C(=O)O)=C[C@H](N=C(N)N)[C@H]1NC(C)=O)[C@H](O)CO. The van der Waals surface area contributed by atoms with E-state index in [9.17, 15) is 24.9 Å². The number of aliphatic imine (C=N–C) groups is 1. The number of guanidine groups is 1. The molecule has 1 rings (SSSR count). The number of unbranched alkanes of at least 4 members (excludes halogenated alkanes) is 9. The zero-order valence-corrected chi connectivity index (χ0v) is 21.0. The number of carbonyl (C=O) groups excluding carboxylic acids is 1. The quantitative estimate of drug-likeness (QED) is 0.0910. The second kappa shape index (κ2) is 17.1. The second-order valence-electron chi connectivity index (χ2n) is 8.96. The lowest BCUT2D eigenvalue weighted by Gasteiger charge is -2.40. The highest BCUT2D eigenvalue weighted by molar-refractivity contribution is 5.85. The van der Waals surface area contributed by atoms with E-state index >= 15 is 0 Å². The van der Waals surface area contributed by atoms with Gasteiger partial charge < -0.3 is 41.6 Å². The molecule has 0 saturated heterocycles. The van der Waals surface area contributed by atoms with Crippen molar-refractivity contribution in [1.82, 2.24) is 5.32 Å². The van der Waals surface area contributed by atoms with Crippen LogP contribution < -0.4 is 16.8 Å². The average molecular weight is 501 g/mol. The first kappa shape index (κ1) is 30.7. The highest BCUT2D eigenvalue weighted by atomic mass is 16.6. The fraction of sp³-hybridized carbons (Fsp3) is 0.792. The molecule has 0 aromatic heterocycles. The summed E-state index contributed by atoms with van der Waals surface area (Å²) in [6.45, 7) is 3.11. The minimum Gasteiger partial charge on any atom is -0.478 e. The second-order valence-corrected chi connectivity index (χ2v) is 8.96. The first-order valence-corrected chi connectivity index (χ1v) is 12.6. The van der Waals surface area contributed by atoms with E-state index < -0.39 is 54.6 Å². The summed E-state index contributed by atoms with van der Waals surface area (Å²) in [6.07, 6.45) is 8.97. The summed E-state index contributed by atoms with van der Waals surface area (Å²) in [5.74, 6) is -2.54. The van der Waals surface area contributed by atoms with Crippen LogP contribution in [0.2, 0.25) is 0 Å². The van der Waals surface area contributed by atoms with Crippen molar-refractivity contribution in [2.24, 2.45) is 16.5 Å². The van der Waals surface area contributed by atoms with E-state index in [0.717, 1.165) is 25.7 Å². The predicted octanol–water partition coefficient (Wildman–Crippen LogP) is 1.16. The number of aliphatic hydroxyl groups is 2. The first-order chi connectivity index (χ1) is 16.7. The lowest BCUT2D eigenvalue weighted by molar-refractivity contribution is -0.153. The molecule has 11 heteroatoms. The van der Waals surface area contributed by atoms with Crippen LogP contribution in [0.4, 0.5) is 0 Å². The van der Waals surface area contributed by atoms with Gasteiger partial charge in [-0.3, -0.25) is 4.79 Å². The summed E-state index contributed by atoms with van der Waals surface area (Å²) >= 11 is 0. The molecular formula is C24H44N4O7. The number of carbonyl (C=O) groups is 2. The van der Waals surface area contributed by atoms with E-state index in [1.165, 1.54) is 51.5 Å². The van der Waals surface area contributed by atoms with E-state index in [0.29, 0.717) is 0 Å². The van der Waals surface area contributed by atoms with Gasteiger partial charge in [0.1, 0.15) is 12.2 Å². The smallest absolute Gasteiger partial charge is 0.370 e. The number of aliphatic hydroxyl groups excluding tert-OH is 2. The van der Waals surface area contributed by atoms with Crippen LogP contribution in [0.3, 0.4) is 0 Å². The molecule has 0 bridgehead atoms. The standard InChI is InChI=1S/C24H44N4O7/c1-3-4-5-6-7-8-9-10-11-12-13-34-21(18(31)15-29)22-20(27-16(2)30)17(28-24(25)26)14-19(35-22)23(32)33/h14,17-18,20-22,29,31H,3-13,15H2,1-2H3,(H,27,30)(H,32,33)(H4,25,26,28)/t17-,18+,20+,21+,22+/m0/s1. The van der Waals surface area contributed by atoms with Gasteiger partial charge >= 0.3 is 5.97 Å². The molecule has 1 aliphatic heterocycles. The van der Waals surface area contributed by atoms with Crippen molar-refractivity contribution in [3.8, 4) is 0 Å². The van der Waals surface area contributed by atoms with Crippen molar-refractivity contribution in [3.05, 3.63) is 11.8 Å². The Morgan fingerprint density at radius 2 is 1.69 bits per heavy atom. The monoisotopic (exact) mass is 500 g/mol. The van der Waals surface area contributed by atoms with Crippen molar-refractivity contribution in [3.63, 3.8) is 0 Å². The van der Waals surface area contributed by atoms with Crippen LogP contribution in [0.1, 0.15) is 78.1 Å². The van der Waals surface area contributed by atoms with Crippen LogP contribution in [0, 0.1) is 0 Å². The van der Waals surface area contributed by atoms with Gasteiger partial charge in [0.2, 0.25) is 11.7 Å². The Bertz CT molecular complexity index is 697. The number of rotatable bonds is 18. The van der Waals surface area contributed by atoms with E-state index in [1.54, 1.807) is 0 Å². The van der Waals surface area contributed by atoms with Crippen LogP contribution in [0.15, 0.2) is 16.8 Å². The number of hydrogen-bond donors (Lipinski definition) is 6. The molecule has 0 fully saturated rings. The number of ether oxygens (including phenoxy) is 2. The first-order valence-electron chi connectivity index (χ1n) is 12.6. The average Bonchev–Trinajstić information content (AvgIpc) is 2.80. The number of nitrogens with one attached hydrogen (secondary N) is 1. The van der Waals surface area contributed by atoms with Gasteiger partial charge in [0.05, 0.1) is 18.7 Å². The largest absolute Gasteiger partial charge is 0.478 e. The van der Waals surface area contributed by atoms with Crippen molar-refractivity contribution in [1.29, 1.82) is 0 Å². The molecule has 0 unspecified atom stereocenters. The third-order valence-electron chi connectivity index (χ3n) is 5.88. The zero-order valence-electron chi connectivity index (χ0n) is 21.0. The maximum Gasteiger partial charge on any atom is 0.370 e. The van der Waals surface area contributed by atoms with Crippen molar-refractivity contribution < 1.29 is 34.4 Å². The summed E-state index contributed by atoms with van der Waals surface area (Å²) < 4.78 is 11.5. The molecule has 5 atom stereocenters. The molecule has 0 aliphatic carbocycles. The van der Waals surface area contributed by atoms with Gasteiger partial charge in [0.25, 0.3) is 0 Å². The van der Waals surface area contributed by atoms with Crippen LogP contribution in [0.5, 0.6) is 0 Å². The van der Waals surface area contributed by atoms with Crippen LogP contribution in [-0.2, 0) is 19.1 Å². The number of aliphatic carboxylic acids is 1. The molecule has 1 amide bonds. The van der Waals surface area contributed by atoms with Crippen molar-refractivity contribution >= 4 is 17.8 Å². The Hall–Kier alpha value is -2.37. The predicted molar refractivity (Wildman–Crippen MR) is 132 cm³/mol. The lowest BCUT2D eigenvalue weighted by Crippen LogP contribution is -2.60. The highest BCUT2D eigenvalue weighted by Crippen LogP contribution is 2.26. The number of nitrogens with two attached hydrogens (primary N) is 2. The molecule has 0 radical (unpaired) electrons.